The van der Waals surface area contributed by atoms with Gasteiger partial charge in [-0.15, -0.1) is 24.7 Å². The molecule has 3 fully saturated rings. The molecular formula is C26H42CoN8OS-4. The van der Waals surface area contributed by atoms with Crippen LogP contribution in [-0.2, 0) is 29.4 Å². The third-order valence-electron chi connectivity index (χ3n) is 7.41. The van der Waals surface area contributed by atoms with Crippen LogP contribution in [0.5, 0.6) is 0 Å². The van der Waals surface area contributed by atoms with Crippen molar-refractivity contribution in [2.75, 3.05) is 13.6 Å². The Morgan fingerprint density at radius 1 is 0.973 bits per heavy atom. The number of rotatable bonds is 4. The maximum Gasteiger partial charge on any atom is 0.0621 e. The third kappa shape index (κ3) is 12.2. The maximum atomic E-state index is 10.1. The van der Waals surface area contributed by atoms with Crippen LogP contribution in [0.2, 0.25) is 0 Å². The second kappa shape index (κ2) is 19.4. The Morgan fingerprint density at radius 2 is 1.62 bits per heavy atom. The van der Waals surface area contributed by atoms with Crippen molar-refractivity contribution in [2.45, 2.75) is 108 Å². The van der Waals surface area contributed by atoms with Gasteiger partial charge in [-0.3, -0.25) is 4.91 Å². The van der Waals surface area contributed by atoms with Gasteiger partial charge >= 0.3 is 0 Å². The van der Waals surface area contributed by atoms with Gasteiger partial charge in [0.1, 0.15) is 0 Å². The van der Waals surface area contributed by atoms with Crippen LogP contribution >= 0.6 is 0 Å². The van der Waals surface area contributed by atoms with Crippen molar-refractivity contribution in [3.63, 3.8) is 0 Å². The monoisotopic (exact) mass is 573 g/mol. The van der Waals surface area contributed by atoms with Crippen LogP contribution in [0.4, 0.5) is 0 Å². The van der Waals surface area contributed by atoms with Crippen molar-refractivity contribution in [2.24, 2.45) is 16.1 Å². The standard InChI is InChI=1S/C16H29N3OS.C10H14N2.Co.N3/c1-12(14-10-6-7-11-15(14)20)17-18-16(21)19(2)13-8-4-3-5-9-13;1-3-7-11-9(5-1)10-6-2-4-8-12-10;;1-3-2/h13-15,20H,3-11H2,1-2H3,(H,18,21);1,3,5,7,9-10H,2,4,6,8H2;;/q;-2;;-1/p-1. The van der Waals surface area contributed by atoms with Crippen LogP contribution in [0.25, 0.3) is 26.6 Å². The Bertz CT molecular complexity index is 787. The molecule has 211 valence electrons. The normalized spacial score (nSPS) is 28.2. The van der Waals surface area contributed by atoms with E-state index < -0.39 is 0 Å². The van der Waals surface area contributed by atoms with Gasteiger partial charge in [-0.1, -0.05) is 63.5 Å². The predicted molar refractivity (Wildman–Crippen MR) is 152 cm³/mol. The molecule has 1 radical (unpaired) electrons. The van der Waals surface area contributed by atoms with E-state index in [1.54, 1.807) is 0 Å². The summed E-state index contributed by atoms with van der Waals surface area (Å²) in [4.78, 5) is 3.60. The van der Waals surface area contributed by atoms with Crippen LogP contribution in [0.3, 0.4) is 0 Å². The molecule has 2 aliphatic carbocycles. The zero-order chi connectivity index (χ0) is 26.2. The summed E-state index contributed by atoms with van der Waals surface area (Å²) >= 11 is 5.40. The number of hydrogen-bond acceptors (Lipinski definition) is 4. The minimum Gasteiger partial charge on any atom is -0.741 e. The van der Waals surface area contributed by atoms with Crippen LogP contribution in [0, 0.1) is 5.92 Å². The molecule has 0 aromatic rings. The molecule has 2 saturated carbocycles. The fourth-order valence-electron chi connectivity index (χ4n) is 5.24. The number of aliphatic hydroxyl groups is 1. The molecule has 0 aromatic heterocycles. The summed E-state index contributed by atoms with van der Waals surface area (Å²) in [5.41, 5.74) is 14.4. The Labute approximate surface area is 238 Å². The van der Waals surface area contributed by atoms with E-state index in [0.717, 1.165) is 31.5 Å². The van der Waals surface area contributed by atoms with Crippen LogP contribution < -0.4 is 0 Å². The summed E-state index contributed by atoms with van der Waals surface area (Å²) in [5.74, 6) is 0.158. The molecule has 0 aromatic carbocycles. The van der Waals surface area contributed by atoms with Gasteiger partial charge < -0.3 is 44.3 Å². The Hall–Kier alpha value is -1.62. The van der Waals surface area contributed by atoms with E-state index in [0.29, 0.717) is 23.3 Å². The second-order valence-corrected chi connectivity index (χ2v) is 10.3. The van der Waals surface area contributed by atoms with E-state index in [-0.39, 0.29) is 28.8 Å². The Balaban J connectivity index is 0.000000361. The molecule has 4 aliphatic rings. The summed E-state index contributed by atoms with van der Waals surface area (Å²) < 4.78 is 0. The van der Waals surface area contributed by atoms with Crippen LogP contribution in [-0.4, -0.2) is 58.7 Å². The first-order valence-electron chi connectivity index (χ1n) is 13.4. The zero-order valence-electron chi connectivity index (χ0n) is 22.2. The molecule has 4 unspecified atom stereocenters. The quantitative estimate of drug-likeness (QED) is 0.0764. The van der Waals surface area contributed by atoms with Gasteiger partial charge in [-0.05, 0) is 32.6 Å². The van der Waals surface area contributed by atoms with E-state index >= 15 is 0 Å². The smallest absolute Gasteiger partial charge is 0.0621 e. The molecule has 4 atom stereocenters. The molecule has 0 spiro atoms. The largest absolute Gasteiger partial charge is 0.741 e. The maximum absolute atomic E-state index is 10.1. The zero-order valence-corrected chi connectivity index (χ0v) is 24.0. The van der Waals surface area contributed by atoms with Crippen LogP contribution in [0.1, 0.15) is 84.0 Å². The van der Waals surface area contributed by atoms with E-state index in [4.69, 9.17) is 23.7 Å². The summed E-state index contributed by atoms with van der Waals surface area (Å²) in [6, 6.07) is 1.31. The summed E-state index contributed by atoms with van der Waals surface area (Å²) in [6.45, 7) is 3.00. The molecular weight excluding hydrogens is 531 g/mol. The Kier molecular flexibility index (Phi) is 17.6. The van der Waals surface area contributed by atoms with E-state index in [9.17, 15) is 5.11 Å². The van der Waals surface area contributed by atoms with E-state index in [2.05, 4.69) is 37.9 Å². The minimum absolute atomic E-state index is 0. The number of amidine groups is 1. The number of allylic oxidation sites excluding steroid dienone is 2. The fraction of sp³-hybridized carbons (Fsp3) is 0.769. The molecule has 4 rings (SSSR count). The first kappa shape index (κ1) is 33.4. The summed E-state index contributed by atoms with van der Waals surface area (Å²) in [5, 5.41) is 28.1. The topological polar surface area (TPSA) is 135 Å². The van der Waals surface area contributed by atoms with Gasteiger partial charge in [0, 0.05) is 46.7 Å². The average molecular weight is 574 g/mol. The number of piperidine rings is 1. The van der Waals surface area contributed by atoms with E-state index in [1.165, 1.54) is 62.7 Å². The SMILES string of the molecule is C1=C[N-]C(C2CCCC[N-]2)C=C1.CC(=NN=C([S-])N(C)C1CCCCC1)C1CCCCC1O.[Co].[N-]=[N+]=[N-]. The molecule has 2 aliphatic heterocycles. The Morgan fingerprint density at radius 3 is 2.22 bits per heavy atom. The summed E-state index contributed by atoms with van der Waals surface area (Å²) in [7, 11) is 2.03. The van der Waals surface area contributed by atoms with Gasteiger partial charge in [0.25, 0.3) is 0 Å². The van der Waals surface area contributed by atoms with Crippen molar-refractivity contribution in [1.29, 1.82) is 0 Å². The molecule has 0 bridgehead atoms. The second-order valence-electron chi connectivity index (χ2n) is 9.91. The first-order valence-corrected chi connectivity index (χ1v) is 13.8. The number of aliphatic hydroxyl groups excluding tert-OH is 1. The average Bonchev–Trinajstić information content (AvgIpc) is 2.93. The molecule has 0 amide bonds. The van der Waals surface area contributed by atoms with Crippen molar-refractivity contribution in [3.05, 3.63) is 51.0 Å². The van der Waals surface area contributed by atoms with Gasteiger partial charge in [-0.25, -0.2) is 0 Å². The first-order chi connectivity index (χ1) is 17.5. The summed E-state index contributed by atoms with van der Waals surface area (Å²) in [6.07, 6.45) is 22.1. The van der Waals surface area contributed by atoms with Crippen LogP contribution in [0.15, 0.2) is 34.6 Å². The molecule has 11 heteroatoms. The van der Waals surface area contributed by atoms with Gasteiger partial charge in [0.2, 0.25) is 0 Å². The molecule has 37 heavy (non-hydrogen) atoms. The molecule has 1 N–H and O–H groups in total. The van der Waals surface area contributed by atoms with Crippen molar-refractivity contribution < 1.29 is 21.9 Å². The third-order valence-corrected chi connectivity index (χ3v) is 7.78. The van der Waals surface area contributed by atoms with Crippen molar-refractivity contribution >= 4 is 23.5 Å². The molecule has 2 heterocycles. The minimum atomic E-state index is -0.262. The molecule has 9 nitrogen and oxygen atoms in total. The van der Waals surface area contributed by atoms with Gasteiger partial charge in [0.15, 0.2) is 0 Å². The fourth-order valence-corrected chi connectivity index (χ4v) is 5.43. The van der Waals surface area contributed by atoms with Crippen molar-refractivity contribution in [1.82, 2.24) is 4.90 Å². The van der Waals surface area contributed by atoms with Crippen molar-refractivity contribution in [3.8, 4) is 0 Å². The number of hydrogen-bond donors (Lipinski definition) is 1. The molecule has 1 saturated heterocycles. The number of nitrogens with zero attached hydrogens (tertiary/aromatic N) is 8. The van der Waals surface area contributed by atoms with E-state index in [1.807, 2.05) is 26.2 Å². The van der Waals surface area contributed by atoms with Gasteiger partial charge in [0.05, 0.1) is 6.10 Å². The predicted octanol–water partition coefficient (Wildman–Crippen LogP) is 6.68. The van der Waals surface area contributed by atoms with Gasteiger partial charge in [-0.2, -0.15) is 16.4 Å².